The van der Waals surface area contributed by atoms with Crippen molar-refractivity contribution in [3.8, 4) is 6.01 Å². The summed E-state index contributed by atoms with van der Waals surface area (Å²) in [6.07, 6.45) is 4.46. The molecule has 112 valence electrons. The summed E-state index contributed by atoms with van der Waals surface area (Å²) in [5, 5.41) is 3.48. The highest BCUT2D eigenvalue weighted by atomic mass is 16.5. The molecule has 1 N–H and O–H groups in total. The highest BCUT2D eigenvalue weighted by molar-refractivity contribution is 5.18. The lowest BCUT2D eigenvalue weighted by Crippen LogP contribution is -2.43. The van der Waals surface area contributed by atoms with E-state index in [1.807, 2.05) is 27.2 Å². The minimum atomic E-state index is -0.0382. The van der Waals surface area contributed by atoms with Gasteiger partial charge in [0.15, 0.2) is 0 Å². The summed E-state index contributed by atoms with van der Waals surface area (Å²) >= 11 is 0. The van der Waals surface area contributed by atoms with Crippen LogP contribution in [0.5, 0.6) is 6.01 Å². The van der Waals surface area contributed by atoms with Crippen molar-refractivity contribution >= 4 is 0 Å². The third-order valence-electron chi connectivity index (χ3n) is 3.98. The number of likely N-dealkylation sites (N-methyl/N-ethyl adjacent to an activating group) is 1. The van der Waals surface area contributed by atoms with Gasteiger partial charge in [0.25, 0.3) is 0 Å². The van der Waals surface area contributed by atoms with E-state index in [0.29, 0.717) is 18.7 Å². The smallest absolute Gasteiger partial charge is 0.316 e. The number of rotatable bonds is 7. The van der Waals surface area contributed by atoms with Gasteiger partial charge in [-0.2, -0.15) is 0 Å². The number of aromatic nitrogens is 2. The second-order valence-electron chi connectivity index (χ2n) is 6.41. The van der Waals surface area contributed by atoms with Crippen molar-refractivity contribution < 1.29 is 4.74 Å². The topological polar surface area (TPSA) is 50.3 Å². The Labute approximate surface area is 121 Å². The van der Waals surface area contributed by atoms with E-state index in [1.54, 1.807) is 0 Å². The monoisotopic (exact) mass is 278 g/mol. The third-order valence-corrected chi connectivity index (χ3v) is 3.98. The van der Waals surface area contributed by atoms with Gasteiger partial charge in [0.2, 0.25) is 0 Å². The van der Waals surface area contributed by atoms with Crippen molar-refractivity contribution in [2.24, 2.45) is 0 Å². The van der Waals surface area contributed by atoms with Gasteiger partial charge in [-0.25, -0.2) is 9.97 Å². The molecule has 1 aliphatic carbocycles. The predicted molar refractivity (Wildman–Crippen MR) is 79.9 cm³/mol. The molecule has 5 nitrogen and oxygen atoms in total. The molecule has 1 aromatic rings. The van der Waals surface area contributed by atoms with Gasteiger partial charge in [-0.3, -0.25) is 0 Å². The molecule has 0 aromatic carbocycles. The quantitative estimate of drug-likeness (QED) is 0.823. The first-order chi connectivity index (χ1) is 9.38. The molecule has 0 radical (unpaired) electrons. The lowest BCUT2D eigenvalue weighted by Gasteiger charge is -2.31. The average molecular weight is 278 g/mol. The standard InChI is InChI=1S/C15H26N4O/c1-11-12(8-16-13-6-7-13)9-17-14(18-11)20-10-15(2,3)19(4)5/h9,13,16H,6-8,10H2,1-5H3. The van der Waals surface area contributed by atoms with E-state index in [-0.39, 0.29) is 5.54 Å². The minimum Gasteiger partial charge on any atom is -0.462 e. The first kappa shape index (κ1) is 15.2. The van der Waals surface area contributed by atoms with Gasteiger partial charge in [0.05, 0.1) is 0 Å². The van der Waals surface area contributed by atoms with E-state index >= 15 is 0 Å². The minimum absolute atomic E-state index is 0.0382. The Kier molecular flexibility index (Phi) is 4.60. The maximum absolute atomic E-state index is 5.72. The van der Waals surface area contributed by atoms with Gasteiger partial charge >= 0.3 is 6.01 Å². The summed E-state index contributed by atoms with van der Waals surface area (Å²) < 4.78 is 5.72. The largest absolute Gasteiger partial charge is 0.462 e. The highest BCUT2D eigenvalue weighted by Gasteiger charge is 2.22. The molecule has 1 fully saturated rings. The van der Waals surface area contributed by atoms with Crippen LogP contribution in [0.2, 0.25) is 0 Å². The maximum Gasteiger partial charge on any atom is 0.316 e. The number of nitrogens with one attached hydrogen (secondary N) is 1. The van der Waals surface area contributed by atoms with Gasteiger partial charge < -0.3 is 15.0 Å². The second kappa shape index (κ2) is 6.06. The summed E-state index contributed by atoms with van der Waals surface area (Å²) in [5.41, 5.74) is 2.10. The van der Waals surface area contributed by atoms with Gasteiger partial charge in [0, 0.05) is 35.6 Å². The number of hydrogen-bond acceptors (Lipinski definition) is 5. The number of hydrogen-bond donors (Lipinski definition) is 1. The third kappa shape index (κ3) is 4.15. The Morgan fingerprint density at radius 1 is 1.40 bits per heavy atom. The van der Waals surface area contributed by atoms with Gasteiger partial charge in [-0.1, -0.05) is 0 Å². The van der Waals surface area contributed by atoms with E-state index < -0.39 is 0 Å². The van der Waals surface area contributed by atoms with Gasteiger partial charge in [0.1, 0.15) is 6.61 Å². The molecule has 1 aliphatic rings. The van der Waals surface area contributed by atoms with Crippen LogP contribution in [0.25, 0.3) is 0 Å². The molecule has 0 aliphatic heterocycles. The molecule has 0 amide bonds. The summed E-state index contributed by atoms with van der Waals surface area (Å²) in [4.78, 5) is 10.9. The first-order valence-corrected chi connectivity index (χ1v) is 7.24. The predicted octanol–water partition coefficient (Wildman–Crippen LogP) is 1.76. The molecule has 2 rings (SSSR count). The fourth-order valence-corrected chi connectivity index (χ4v) is 1.63. The Bertz CT molecular complexity index is 455. The van der Waals surface area contributed by atoms with Crippen molar-refractivity contribution in [3.63, 3.8) is 0 Å². The Morgan fingerprint density at radius 3 is 2.65 bits per heavy atom. The fraction of sp³-hybridized carbons (Fsp3) is 0.733. The van der Waals surface area contributed by atoms with Crippen molar-refractivity contribution in [3.05, 3.63) is 17.5 Å². The van der Waals surface area contributed by atoms with E-state index in [1.165, 1.54) is 12.8 Å². The normalized spacial score (nSPS) is 15.7. The van der Waals surface area contributed by atoms with Crippen LogP contribution in [-0.2, 0) is 6.54 Å². The van der Waals surface area contributed by atoms with Crippen LogP contribution >= 0.6 is 0 Å². The summed E-state index contributed by atoms with van der Waals surface area (Å²) in [5.74, 6) is 0. The summed E-state index contributed by atoms with van der Waals surface area (Å²) in [7, 11) is 4.09. The first-order valence-electron chi connectivity index (χ1n) is 7.24. The molecule has 0 saturated heterocycles. The number of aryl methyl sites for hydroxylation is 1. The number of nitrogens with zero attached hydrogens (tertiary/aromatic N) is 3. The molecule has 20 heavy (non-hydrogen) atoms. The highest BCUT2D eigenvalue weighted by Crippen LogP contribution is 2.20. The summed E-state index contributed by atoms with van der Waals surface area (Å²) in [6, 6.07) is 1.17. The zero-order chi connectivity index (χ0) is 14.8. The molecule has 1 saturated carbocycles. The molecular formula is C15H26N4O. The van der Waals surface area contributed by atoms with Crippen LogP contribution < -0.4 is 10.1 Å². The molecule has 0 atom stereocenters. The van der Waals surface area contributed by atoms with E-state index in [9.17, 15) is 0 Å². The maximum atomic E-state index is 5.72. The van der Waals surface area contributed by atoms with E-state index in [2.05, 4.69) is 34.0 Å². The Balaban J connectivity index is 1.90. The van der Waals surface area contributed by atoms with E-state index in [4.69, 9.17) is 4.74 Å². The molecule has 5 heteroatoms. The SMILES string of the molecule is Cc1nc(OCC(C)(C)N(C)C)ncc1CNC1CC1. The molecule has 1 aromatic heterocycles. The Hall–Kier alpha value is -1.20. The fourth-order valence-electron chi connectivity index (χ4n) is 1.63. The number of ether oxygens (including phenoxy) is 1. The van der Waals surface area contributed by atoms with Crippen LogP contribution in [-0.4, -0.2) is 47.2 Å². The molecule has 1 heterocycles. The lowest BCUT2D eigenvalue weighted by molar-refractivity contribution is 0.107. The van der Waals surface area contributed by atoms with E-state index in [0.717, 1.165) is 17.8 Å². The van der Waals surface area contributed by atoms with Crippen molar-refractivity contribution in [1.29, 1.82) is 0 Å². The van der Waals surface area contributed by atoms with Crippen molar-refractivity contribution in [2.45, 2.75) is 51.7 Å². The molecule has 0 bridgehead atoms. The molecule has 0 spiro atoms. The van der Waals surface area contributed by atoms with Crippen molar-refractivity contribution in [2.75, 3.05) is 20.7 Å². The van der Waals surface area contributed by atoms with Gasteiger partial charge in [-0.05, 0) is 47.7 Å². The average Bonchev–Trinajstić information content (AvgIpc) is 3.19. The molecular weight excluding hydrogens is 252 g/mol. The second-order valence-corrected chi connectivity index (χ2v) is 6.41. The van der Waals surface area contributed by atoms with Crippen LogP contribution in [0.3, 0.4) is 0 Å². The zero-order valence-corrected chi connectivity index (χ0v) is 13.2. The Morgan fingerprint density at radius 2 is 2.10 bits per heavy atom. The van der Waals surface area contributed by atoms with Crippen molar-refractivity contribution in [1.82, 2.24) is 20.2 Å². The van der Waals surface area contributed by atoms with Gasteiger partial charge in [-0.15, -0.1) is 0 Å². The zero-order valence-electron chi connectivity index (χ0n) is 13.2. The summed E-state index contributed by atoms with van der Waals surface area (Å²) in [6.45, 7) is 7.69. The van der Waals surface area contributed by atoms with Crippen LogP contribution in [0.4, 0.5) is 0 Å². The van der Waals surface area contributed by atoms with Crippen LogP contribution in [0, 0.1) is 6.92 Å². The molecule has 0 unspecified atom stereocenters. The van der Waals surface area contributed by atoms with Crippen LogP contribution in [0.15, 0.2) is 6.20 Å². The lowest BCUT2D eigenvalue weighted by atomic mass is 10.1. The van der Waals surface area contributed by atoms with Crippen LogP contribution in [0.1, 0.15) is 37.9 Å².